The van der Waals surface area contributed by atoms with Gasteiger partial charge in [0.2, 0.25) is 0 Å². The second-order valence-corrected chi connectivity index (χ2v) is 19.4. The molecule has 12 nitrogen and oxygen atoms in total. The van der Waals surface area contributed by atoms with E-state index in [9.17, 15) is 14.7 Å². The minimum Gasteiger partial charge on any atom is -0.507 e. The number of rotatable bonds is 24. The molecular weight excluding hydrogens is 1030 g/mol. The lowest BCUT2D eigenvalue weighted by atomic mass is 9.87. The van der Waals surface area contributed by atoms with E-state index < -0.39 is 54.0 Å². The lowest BCUT2D eigenvalue weighted by molar-refractivity contribution is -0.275. The molecule has 1 N–H and O–H groups in total. The molecule has 0 bridgehead atoms. The molecule has 10 rings (SSSR count). The van der Waals surface area contributed by atoms with Crippen LogP contribution in [0.1, 0.15) is 76.1 Å². The molecule has 12 heteroatoms. The fourth-order valence-electron chi connectivity index (χ4n) is 9.50. The molecular formula is C70H60O12. The Morgan fingerprint density at radius 2 is 0.890 bits per heavy atom. The van der Waals surface area contributed by atoms with Crippen LogP contribution < -0.4 is 14.2 Å². The summed E-state index contributed by atoms with van der Waals surface area (Å²) in [6.07, 6.45) is -2.35. The van der Waals surface area contributed by atoms with Gasteiger partial charge in [0.15, 0.2) is 11.5 Å². The van der Waals surface area contributed by atoms with Crippen LogP contribution in [0.5, 0.6) is 23.0 Å². The van der Waals surface area contributed by atoms with Crippen LogP contribution in [-0.4, -0.2) is 53.9 Å². The highest BCUT2D eigenvalue weighted by atomic mass is 16.6. The predicted octanol–water partition coefficient (Wildman–Crippen LogP) is 13.7. The lowest BCUT2D eigenvalue weighted by Crippen LogP contribution is -2.58. The molecule has 0 saturated carbocycles. The maximum Gasteiger partial charge on any atom is 0.343 e. The first kappa shape index (κ1) is 56.0. The molecule has 82 heavy (non-hydrogen) atoms. The van der Waals surface area contributed by atoms with Crippen LogP contribution in [0, 0.1) is 0 Å². The summed E-state index contributed by atoms with van der Waals surface area (Å²) >= 11 is 0. The molecule has 9 aromatic carbocycles. The predicted molar refractivity (Wildman–Crippen MR) is 310 cm³/mol. The van der Waals surface area contributed by atoms with Crippen molar-refractivity contribution in [2.24, 2.45) is 0 Å². The van der Waals surface area contributed by atoms with Gasteiger partial charge >= 0.3 is 11.9 Å². The minimum atomic E-state index is -1.29. The number of benzene rings is 9. The number of carbonyl (C=O) groups excluding carboxylic acids is 3. The van der Waals surface area contributed by atoms with E-state index >= 15 is 4.79 Å². The molecule has 0 aliphatic carbocycles. The number of aromatic hydroxyl groups is 1. The number of hydrogen-bond acceptors (Lipinski definition) is 12. The second kappa shape index (κ2) is 28.2. The largest absolute Gasteiger partial charge is 0.507 e. The van der Waals surface area contributed by atoms with Gasteiger partial charge in [-0.1, -0.05) is 206 Å². The van der Waals surface area contributed by atoms with Gasteiger partial charge in [-0.2, -0.15) is 0 Å². The molecule has 0 radical (unpaired) electrons. The number of esters is 2. The Bertz CT molecular complexity index is 3490. The van der Waals surface area contributed by atoms with Gasteiger partial charge in [-0.15, -0.1) is 0 Å². The molecule has 412 valence electrons. The van der Waals surface area contributed by atoms with Crippen molar-refractivity contribution in [3.05, 3.63) is 304 Å². The zero-order valence-electron chi connectivity index (χ0n) is 44.8. The van der Waals surface area contributed by atoms with Crippen molar-refractivity contribution in [2.75, 3.05) is 6.61 Å². The van der Waals surface area contributed by atoms with Gasteiger partial charge in [0.25, 0.3) is 0 Å². The standard InChI is InChI=1S/C70H60O12/c71-58(41-38-49-36-39-57(40-37-49)80-69(73)55-32-18-6-19-33-55)62-59(72)42-60(76-44-51-24-10-2-11-25-51)63(65(62)82-70(74)56-34-20-7-21-35-56)66-68(79-47-54-30-16-5-17-31-54)67(78-46-53-28-14-4-15-29-53)64(77-45-52-26-12-3-13-27-52)61(81-66)48-75-43-50-22-8-1-9-23-50/h1-42,61,64,66-68,72H,43-48H2/b41-38+/t61-,64-,66+,67+,68+/m1/s1. The van der Waals surface area contributed by atoms with E-state index in [1.54, 1.807) is 78.9 Å². The van der Waals surface area contributed by atoms with E-state index in [-0.39, 0.29) is 67.8 Å². The highest BCUT2D eigenvalue weighted by Gasteiger charge is 2.51. The van der Waals surface area contributed by atoms with Crippen LogP contribution in [0.4, 0.5) is 0 Å². The van der Waals surface area contributed by atoms with Crippen LogP contribution in [-0.2, 0) is 56.7 Å². The topological polar surface area (TPSA) is 145 Å². The molecule has 9 aromatic rings. The third kappa shape index (κ3) is 14.9. The van der Waals surface area contributed by atoms with Crippen molar-refractivity contribution >= 4 is 23.8 Å². The molecule has 0 spiro atoms. The maximum atomic E-state index is 15.1. The van der Waals surface area contributed by atoms with Crippen molar-refractivity contribution in [3.8, 4) is 23.0 Å². The van der Waals surface area contributed by atoms with E-state index in [1.807, 2.05) is 158 Å². The van der Waals surface area contributed by atoms with Gasteiger partial charge < -0.3 is 43.0 Å². The highest BCUT2D eigenvalue weighted by Crippen LogP contribution is 2.50. The zero-order chi connectivity index (χ0) is 56.3. The Kier molecular flexibility index (Phi) is 19.3. The molecule has 1 fully saturated rings. The summed E-state index contributed by atoms with van der Waals surface area (Å²) in [7, 11) is 0. The number of hydrogen-bond donors (Lipinski definition) is 1. The molecule has 1 saturated heterocycles. The first-order valence-corrected chi connectivity index (χ1v) is 27.0. The monoisotopic (exact) mass is 1090 g/mol. The fraction of sp³-hybridized carbons (Fsp3) is 0.157. The van der Waals surface area contributed by atoms with Gasteiger partial charge in [-0.05, 0) is 75.9 Å². The third-order valence-corrected chi connectivity index (χ3v) is 13.6. The third-order valence-electron chi connectivity index (χ3n) is 13.6. The minimum absolute atomic E-state index is 0.00811. The summed E-state index contributed by atoms with van der Waals surface area (Å²) in [5.74, 6) is -2.63. The molecule has 1 aliphatic rings. The van der Waals surface area contributed by atoms with Crippen molar-refractivity contribution < 1.29 is 57.4 Å². The number of phenols is 1. The Hall–Kier alpha value is -9.27. The average molecular weight is 1090 g/mol. The first-order chi connectivity index (χ1) is 40.3. The Morgan fingerprint density at radius 1 is 0.463 bits per heavy atom. The van der Waals surface area contributed by atoms with E-state index in [1.165, 1.54) is 18.2 Å². The van der Waals surface area contributed by atoms with Crippen molar-refractivity contribution in [1.82, 2.24) is 0 Å². The average Bonchev–Trinajstić information content (AvgIpc) is 3.27. The molecule has 1 aliphatic heterocycles. The molecule has 1 heterocycles. The van der Waals surface area contributed by atoms with Gasteiger partial charge in [-0.25, -0.2) is 9.59 Å². The smallest absolute Gasteiger partial charge is 0.343 e. The fourth-order valence-corrected chi connectivity index (χ4v) is 9.50. The van der Waals surface area contributed by atoms with Crippen molar-refractivity contribution in [2.45, 2.75) is 63.6 Å². The Labute approximate surface area is 476 Å². The van der Waals surface area contributed by atoms with Crippen molar-refractivity contribution in [3.63, 3.8) is 0 Å². The molecule has 0 amide bonds. The maximum absolute atomic E-state index is 15.1. The summed E-state index contributed by atoms with van der Waals surface area (Å²) in [6.45, 7) is 0.566. The molecule has 0 unspecified atom stereocenters. The second-order valence-electron chi connectivity index (χ2n) is 19.4. The Balaban J connectivity index is 1.12. The summed E-state index contributed by atoms with van der Waals surface area (Å²) in [5.41, 5.74) is 5.17. The van der Waals surface area contributed by atoms with Crippen LogP contribution in [0.15, 0.2) is 249 Å². The summed E-state index contributed by atoms with van der Waals surface area (Å²) < 4.78 is 54.1. The Morgan fingerprint density at radius 3 is 1.39 bits per heavy atom. The van der Waals surface area contributed by atoms with E-state index in [0.29, 0.717) is 16.9 Å². The quantitative estimate of drug-likeness (QED) is 0.0266. The SMILES string of the molecule is O=C(Oc1ccc(/C=C/C(=O)c2c(O)cc(OCc3ccccc3)c([C@@H]3O[C@H](COCc4ccccc4)[C@@H](OCc4ccccc4)[C@H](OCc4ccccc4)[C@H]3OCc3ccccc3)c2OC(=O)c2ccccc2)cc1)c1ccccc1. The highest BCUT2D eigenvalue weighted by molar-refractivity contribution is 6.11. The summed E-state index contributed by atoms with van der Waals surface area (Å²) in [4.78, 5) is 42.6. The number of carbonyl (C=O) groups is 3. The van der Waals surface area contributed by atoms with Crippen LogP contribution >= 0.6 is 0 Å². The van der Waals surface area contributed by atoms with Gasteiger partial charge in [0.1, 0.15) is 59.9 Å². The van der Waals surface area contributed by atoms with Crippen LogP contribution in [0.2, 0.25) is 0 Å². The van der Waals surface area contributed by atoms with Crippen LogP contribution in [0.3, 0.4) is 0 Å². The molecule has 5 atom stereocenters. The lowest BCUT2D eigenvalue weighted by Gasteiger charge is -2.47. The van der Waals surface area contributed by atoms with Gasteiger partial charge in [0, 0.05) is 6.07 Å². The first-order valence-electron chi connectivity index (χ1n) is 27.0. The number of ether oxygens (including phenoxy) is 8. The van der Waals surface area contributed by atoms with E-state index in [4.69, 9.17) is 37.9 Å². The van der Waals surface area contributed by atoms with Crippen molar-refractivity contribution in [1.29, 1.82) is 0 Å². The van der Waals surface area contributed by atoms with E-state index in [0.717, 1.165) is 27.8 Å². The summed E-state index contributed by atoms with van der Waals surface area (Å²) in [5, 5.41) is 12.3. The number of phenolic OH excluding ortho intramolecular Hbond substituents is 1. The van der Waals surface area contributed by atoms with Gasteiger partial charge in [-0.3, -0.25) is 4.79 Å². The normalized spacial score (nSPS) is 16.8. The van der Waals surface area contributed by atoms with Crippen LogP contribution in [0.25, 0.3) is 6.08 Å². The van der Waals surface area contributed by atoms with E-state index in [2.05, 4.69) is 0 Å². The van der Waals surface area contributed by atoms with Gasteiger partial charge in [0.05, 0.1) is 49.7 Å². The molecule has 0 aromatic heterocycles. The zero-order valence-corrected chi connectivity index (χ0v) is 44.8. The number of ketones is 1. The number of allylic oxidation sites excluding steroid dienone is 1. The summed E-state index contributed by atoms with van der Waals surface area (Å²) in [6, 6.07) is 73.2.